The smallest absolute Gasteiger partial charge is 0.153 e. The Hall–Kier alpha value is -0.460. The highest BCUT2D eigenvalue weighted by molar-refractivity contribution is 8.39. The van der Waals surface area contributed by atoms with Crippen molar-refractivity contribution in [1.29, 1.82) is 0 Å². The van der Waals surface area contributed by atoms with E-state index in [9.17, 15) is 8.42 Å². The molecule has 0 radical (unpaired) electrons. The monoisotopic (exact) mass is 299 g/mol. The fourth-order valence-corrected chi connectivity index (χ4v) is 7.10. The summed E-state index contributed by atoms with van der Waals surface area (Å²) in [6, 6.07) is 10.3. The zero-order chi connectivity index (χ0) is 12.6. The lowest BCUT2D eigenvalue weighted by Gasteiger charge is -2.03. The van der Waals surface area contributed by atoms with Gasteiger partial charge in [-0.05, 0) is 5.56 Å². The van der Waals surface area contributed by atoms with Crippen molar-refractivity contribution < 1.29 is 8.42 Å². The quantitative estimate of drug-likeness (QED) is 0.840. The van der Waals surface area contributed by atoms with Crippen molar-refractivity contribution in [2.75, 3.05) is 11.5 Å². The predicted molar refractivity (Wildman–Crippen MR) is 79.0 cm³/mol. The Morgan fingerprint density at radius 1 is 1.28 bits per heavy atom. The summed E-state index contributed by atoms with van der Waals surface area (Å²) in [6.45, 7) is 0. The van der Waals surface area contributed by atoms with Crippen LogP contribution in [0.2, 0.25) is 0 Å². The van der Waals surface area contributed by atoms with E-state index in [0.717, 1.165) is 10.1 Å². The van der Waals surface area contributed by atoms with Crippen molar-refractivity contribution in [2.24, 2.45) is 4.99 Å². The van der Waals surface area contributed by atoms with E-state index >= 15 is 0 Å². The Bertz CT molecular complexity index is 568. The Morgan fingerprint density at radius 2 is 2.06 bits per heavy atom. The Labute approximate surface area is 115 Å². The van der Waals surface area contributed by atoms with E-state index in [2.05, 4.69) is 17.1 Å². The van der Waals surface area contributed by atoms with Crippen molar-refractivity contribution in [3.8, 4) is 0 Å². The molecule has 96 valence electrons. The lowest BCUT2D eigenvalue weighted by molar-refractivity contribution is 0.601. The van der Waals surface area contributed by atoms with Crippen LogP contribution in [0, 0.1) is 0 Å². The minimum absolute atomic E-state index is 0.00160. The van der Waals surface area contributed by atoms with Gasteiger partial charge >= 0.3 is 0 Å². The lowest BCUT2D eigenvalue weighted by atomic mass is 10.2. The van der Waals surface area contributed by atoms with E-state index in [1.54, 1.807) is 23.5 Å². The zero-order valence-corrected chi connectivity index (χ0v) is 12.1. The van der Waals surface area contributed by atoms with E-state index in [-0.39, 0.29) is 17.0 Å². The summed E-state index contributed by atoms with van der Waals surface area (Å²) < 4.78 is 23.9. The Kier molecular flexibility index (Phi) is 3.42. The summed E-state index contributed by atoms with van der Waals surface area (Å²) in [7, 11) is -2.83. The van der Waals surface area contributed by atoms with Gasteiger partial charge in [0.2, 0.25) is 0 Å². The summed E-state index contributed by atoms with van der Waals surface area (Å²) in [5, 5.41) is 0.160. The van der Waals surface area contributed by atoms with E-state index in [4.69, 9.17) is 0 Å². The molecule has 1 fully saturated rings. The first-order valence-electron chi connectivity index (χ1n) is 5.74. The number of hydrogen-bond donors (Lipinski definition) is 0. The average molecular weight is 299 g/mol. The molecule has 2 atom stereocenters. The maximum Gasteiger partial charge on any atom is 0.153 e. The normalized spacial score (nSPS) is 29.0. The minimum atomic E-state index is -2.83. The van der Waals surface area contributed by atoms with Crippen LogP contribution in [-0.2, 0) is 15.6 Å². The largest absolute Gasteiger partial charge is 0.266 e. The molecule has 18 heavy (non-hydrogen) atoms. The van der Waals surface area contributed by atoms with Gasteiger partial charge in [-0.2, -0.15) is 0 Å². The standard InChI is InChI=1S/C12H13NO2S3/c14-18(15)7-10-11(8-18)17-12(13-10)16-6-9-4-2-1-3-5-9/h1-5,10-11H,6-8H2/t10-,11+/m1/s1. The van der Waals surface area contributed by atoms with Gasteiger partial charge in [0.05, 0.1) is 17.5 Å². The van der Waals surface area contributed by atoms with Gasteiger partial charge in [-0.3, -0.25) is 4.99 Å². The van der Waals surface area contributed by atoms with Gasteiger partial charge in [0, 0.05) is 11.0 Å². The van der Waals surface area contributed by atoms with Crippen LogP contribution in [-0.4, -0.2) is 35.6 Å². The van der Waals surface area contributed by atoms with Crippen LogP contribution in [0.1, 0.15) is 5.56 Å². The molecule has 0 spiro atoms. The molecule has 0 bridgehead atoms. The highest BCUT2D eigenvalue weighted by atomic mass is 32.2. The van der Waals surface area contributed by atoms with Crippen LogP contribution in [0.3, 0.4) is 0 Å². The molecule has 0 aromatic heterocycles. The number of hydrogen-bond acceptors (Lipinski definition) is 5. The number of sulfone groups is 1. The van der Waals surface area contributed by atoms with E-state index in [0.29, 0.717) is 5.75 Å². The van der Waals surface area contributed by atoms with Crippen LogP contribution in [0.25, 0.3) is 0 Å². The van der Waals surface area contributed by atoms with E-state index < -0.39 is 9.84 Å². The van der Waals surface area contributed by atoms with Gasteiger partial charge in [-0.25, -0.2) is 8.42 Å². The molecule has 2 aliphatic heterocycles. The van der Waals surface area contributed by atoms with E-state index in [1.165, 1.54) is 5.56 Å². The molecule has 0 amide bonds. The molecule has 1 aromatic carbocycles. The molecule has 0 aliphatic carbocycles. The van der Waals surface area contributed by atoms with Crippen LogP contribution < -0.4 is 0 Å². The van der Waals surface area contributed by atoms with Crippen LogP contribution in [0.15, 0.2) is 35.3 Å². The molecule has 0 saturated carbocycles. The highest BCUT2D eigenvalue weighted by Crippen LogP contribution is 2.38. The topological polar surface area (TPSA) is 46.5 Å². The third kappa shape index (κ3) is 2.75. The lowest BCUT2D eigenvalue weighted by Crippen LogP contribution is -2.12. The van der Waals surface area contributed by atoms with Crippen molar-refractivity contribution in [3.05, 3.63) is 35.9 Å². The van der Waals surface area contributed by atoms with E-state index in [1.807, 2.05) is 18.2 Å². The molecule has 3 nitrogen and oxygen atoms in total. The number of thioether (sulfide) groups is 2. The van der Waals surface area contributed by atoms with Crippen LogP contribution in [0.4, 0.5) is 0 Å². The third-order valence-corrected chi connectivity index (χ3v) is 7.49. The molecule has 1 saturated heterocycles. The molecular weight excluding hydrogens is 286 g/mol. The van der Waals surface area contributed by atoms with Gasteiger partial charge in [0.1, 0.15) is 4.38 Å². The molecule has 1 aromatic rings. The number of nitrogens with zero attached hydrogens (tertiary/aromatic N) is 1. The first-order valence-corrected chi connectivity index (χ1v) is 9.43. The SMILES string of the molecule is O=S1(=O)C[C@@H]2SC(SCc3ccccc3)=N[C@@H]2C1. The van der Waals surface area contributed by atoms with Crippen molar-refractivity contribution in [3.63, 3.8) is 0 Å². The second-order valence-corrected chi connectivity index (χ2v) is 9.07. The van der Waals surface area contributed by atoms with Crippen molar-refractivity contribution in [2.45, 2.75) is 17.0 Å². The predicted octanol–water partition coefficient (Wildman–Crippen LogP) is 2.19. The maximum absolute atomic E-state index is 11.4. The Balaban J connectivity index is 1.60. The number of rotatable bonds is 2. The highest BCUT2D eigenvalue weighted by Gasteiger charge is 2.42. The van der Waals surface area contributed by atoms with Crippen LogP contribution in [0.5, 0.6) is 0 Å². The van der Waals surface area contributed by atoms with Crippen molar-refractivity contribution >= 4 is 37.7 Å². The second kappa shape index (κ2) is 4.90. The summed E-state index contributed by atoms with van der Waals surface area (Å²) in [5.74, 6) is 1.43. The second-order valence-electron chi connectivity index (χ2n) is 4.47. The van der Waals surface area contributed by atoms with Gasteiger partial charge in [-0.15, -0.1) is 0 Å². The summed E-state index contributed by atoms with van der Waals surface area (Å²) in [4.78, 5) is 4.52. The Morgan fingerprint density at radius 3 is 2.78 bits per heavy atom. The number of fused-ring (bicyclic) bond motifs is 1. The van der Waals surface area contributed by atoms with Gasteiger partial charge in [0.25, 0.3) is 0 Å². The van der Waals surface area contributed by atoms with Crippen molar-refractivity contribution in [1.82, 2.24) is 0 Å². The van der Waals surface area contributed by atoms with Crippen LogP contribution >= 0.6 is 23.5 Å². The van der Waals surface area contributed by atoms with Gasteiger partial charge in [0.15, 0.2) is 9.84 Å². The molecular formula is C12H13NO2S3. The molecule has 0 unspecified atom stereocenters. The van der Waals surface area contributed by atoms with Gasteiger partial charge in [-0.1, -0.05) is 53.9 Å². The zero-order valence-electron chi connectivity index (χ0n) is 9.65. The molecule has 2 aliphatic rings. The number of aliphatic imine (C=N–C) groups is 1. The summed E-state index contributed by atoms with van der Waals surface area (Å²) in [6.07, 6.45) is 0. The summed E-state index contributed by atoms with van der Waals surface area (Å²) in [5.41, 5.74) is 1.27. The maximum atomic E-state index is 11.4. The van der Waals surface area contributed by atoms with Gasteiger partial charge < -0.3 is 0 Å². The number of benzene rings is 1. The first-order chi connectivity index (χ1) is 8.62. The molecule has 2 heterocycles. The fraction of sp³-hybridized carbons (Fsp3) is 0.417. The fourth-order valence-electron chi connectivity index (χ4n) is 2.12. The molecule has 3 rings (SSSR count). The summed E-state index contributed by atoms with van der Waals surface area (Å²) >= 11 is 3.35. The third-order valence-electron chi connectivity index (χ3n) is 3.00. The molecule has 6 heteroatoms. The minimum Gasteiger partial charge on any atom is -0.266 e. The first kappa shape index (κ1) is 12.6. The average Bonchev–Trinajstić information content (AvgIpc) is 2.81. The molecule has 0 N–H and O–H groups in total.